The van der Waals surface area contributed by atoms with Crippen LogP contribution in [0.1, 0.15) is 19.8 Å². The molecule has 0 unspecified atom stereocenters. The van der Waals surface area contributed by atoms with Crippen LogP contribution in [0.25, 0.3) is 11.1 Å². The molecule has 0 spiro atoms. The van der Waals surface area contributed by atoms with Gasteiger partial charge in [0.25, 0.3) is 5.91 Å². The fourth-order valence-electron chi connectivity index (χ4n) is 2.77. The fourth-order valence-corrected chi connectivity index (χ4v) is 2.77. The van der Waals surface area contributed by atoms with E-state index >= 15 is 0 Å². The van der Waals surface area contributed by atoms with Crippen LogP contribution in [0, 0.1) is 0 Å². The minimum Gasteiger partial charge on any atom is -0.451 e. The Hall–Kier alpha value is -2.57. The monoisotopic (exact) mass is 318 g/mol. The highest BCUT2D eigenvalue weighted by Crippen LogP contribution is 2.13. The van der Waals surface area contributed by atoms with Crippen LogP contribution in [0.5, 0.6) is 0 Å². The molecule has 7 heteroatoms. The first-order valence-corrected chi connectivity index (χ1v) is 7.63. The van der Waals surface area contributed by atoms with E-state index in [1.54, 1.807) is 36.1 Å². The Balaban J connectivity index is 1.67. The lowest BCUT2D eigenvalue weighted by atomic mass is 10.3. The Morgan fingerprint density at radius 3 is 2.70 bits per heavy atom. The molecule has 1 aromatic carbocycles. The number of hydrogen-bond acceptors (Lipinski definition) is 5. The van der Waals surface area contributed by atoms with Crippen molar-refractivity contribution < 1.29 is 18.7 Å². The van der Waals surface area contributed by atoms with Crippen molar-refractivity contribution in [3.8, 4) is 0 Å². The van der Waals surface area contributed by atoms with Gasteiger partial charge >= 0.3 is 11.7 Å². The summed E-state index contributed by atoms with van der Waals surface area (Å²) in [5, 5.41) is 0. The predicted octanol–water partition coefficient (Wildman–Crippen LogP) is 1.15. The minimum absolute atomic E-state index is 0.194. The summed E-state index contributed by atoms with van der Waals surface area (Å²) in [5.41, 5.74) is 0.930. The van der Waals surface area contributed by atoms with Crippen LogP contribution in [0.4, 0.5) is 0 Å². The molecule has 3 rings (SSSR count). The standard InChI is InChI=1S/C16H18N2O5/c1-11(15(20)17-8-4-5-9-17)22-14(19)10-18-12-6-2-3-7-13(12)23-16(18)21/h2-3,6-7,11H,4-5,8-10H2,1H3/t11-/m1/s1. The normalized spacial score (nSPS) is 15.8. The molecule has 0 aliphatic carbocycles. The average Bonchev–Trinajstić information content (AvgIpc) is 3.15. The average molecular weight is 318 g/mol. The lowest BCUT2D eigenvalue weighted by Gasteiger charge is -2.20. The van der Waals surface area contributed by atoms with E-state index in [0.717, 1.165) is 12.8 Å². The van der Waals surface area contributed by atoms with Gasteiger partial charge in [0.15, 0.2) is 11.7 Å². The van der Waals surface area contributed by atoms with Gasteiger partial charge in [-0.1, -0.05) is 12.1 Å². The first-order valence-electron chi connectivity index (χ1n) is 7.63. The maximum absolute atomic E-state index is 12.1. The SMILES string of the molecule is C[C@@H](OC(=O)Cn1c(=O)oc2ccccc21)C(=O)N1CCCC1. The molecule has 122 valence electrons. The van der Waals surface area contributed by atoms with Gasteiger partial charge in [-0.2, -0.15) is 0 Å². The molecule has 2 heterocycles. The summed E-state index contributed by atoms with van der Waals surface area (Å²) < 4.78 is 11.4. The molecule has 1 amide bonds. The maximum atomic E-state index is 12.1. The molecular formula is C16H18N2O5. The van der Waals surface area contributed by atoms with Gasteiger partial charge in [-0.15, -0.1) is 0 Å². The number of esters is 1. The Labute approximate surface area is 132 Å². The maximum Gasteiger partial charge on any atom is 0.420 e. The van der Waals surface area contributed by atoms with Gasteiger partial charge in [0, 0.05) is 13.1 Å². The largest absolute Gasteiger partial charge is 0.451 e. The van der Waals surface area contributed by atoms with Crippen LogP contribution in [0.15, 0.2) is 33.5 Å². The van der Waals surface area contributed by atoms with E-state index in [1.807, 2.05) is 0 Å². The number of likely N-dealkylation sites (tertiary alicyclic amines) is 1. The molecule has 1 aliphatic heterocycles. The number of rotatable bonds is 4. The Bertz CT molecular complexity index is 785. The third-order valence-corrected chi connectivity index (χ3v) is 3.93. The van der Waals surface area contributed by atoms with Crippen molar-refractivity contribution >= 4 is 23.0 Å². The van der Waals surface area contributed by atoms with Crippen molar-refractivity contribution in [3.63, 3.8) is 0 Å². The molecule has 1 fully saturated rings. The highest BCUT2D eigenvalue weighted by Gasteiger charge is 2.26. The van der Waals surface area contributed by atoms with Crippen LogP contribution in [-0.2, 0) is 20.9 Å². The number of benzene rings is 1. The summed E-state index contributed by atoms with van der Waals surface area (Å²) >= 11 is 0. The van der Waals surface area contributed by atoms with E-state index < -0.39 is 17.8 Å². The quantitative estimate of drug-likeness (QED) is 0.790. The molecule has 1 aromatic heterocycles. The Morgan fingerprint density at radius 2 is 1.96 bits per heavy atom. The lowest BCUT2D eigenvalue weighted by Crippen LogP contribution is -2.38. The highest BCUT2D eigenvalue weighted by atomic mass is 16.5. The minimum atomic E-state index is -0.852. The molecule has 0 saturated carbocycles. The van der Waals surface area contributed by atoms with E-state index in [2.05, 4.69) is 0 Å². The van der Waals surface area contributed by atoms with E-state index in [9.17, 15) is 14.4 Å². The van der Waals surface area contributed by atoms with E-state index in [1.165, 1.54) is 4.57 Å². The van der Waals surface area contributed by atoms with E-state index in [0.29, 0.717) is 24.2 Å². The van der Waals surface area contributed by atoms with Crippen LogP contribution in [0.3, 0.4) is 0 Å². The van der Waals surface area contributed by atoms with Crippen molar-refractivity contribution in [2.75, 3.05) is 13.1 Å². The lowest BCUT2D eigenvalue weighted by molar-refractivity contribution is -0.159. The van der Waals surface area contributed by atoms with Gasteiger partial charge in [0.05, 0.1) is 5.52 Å². The van der Waals surface area contributed by atoms with Gasteiger partial charge in [0.2, 0.25) is 0 Å². The van der Waals surface area contributed by atoms with Crippen molar-refractivity contribution in [1.29, 1.82) is 0 Å². The number of hydrogen-bond donors (Lipinski definition) is 0. The summed E-state index contributed by atoms with van der Waals surface area (Å²) in [6.07, 6.45) is 1.10. The van der Waals surface area contributed by atoms with Crippen LogP contribution in [0.2, 0.25) is 0 Å². The fraction of sp³-hybridized carbons (Fsp3) is 0.438. The Morgan fingerprint density at radius 1 is 1.26 bits per heavy atom. The van der Waals surface area contributed by atoms with Gasteiger partial charge < -0.3 is 14.1 Å². The van der Waals surface area contributed by atoms with Crippen molar-refractivity contribution in [2.24, 2.45) is 0 Å². The summed E-state index contributed by atoms with van der Waals surface area (Å²) in [4.78, 5) is 37.7. The summed E-state index contributed by atoms with van der Waals surface area (Å²) in [5.74, 6) is -1.46. The molecule has 0 radical (unpaired) electrons. The topological polar surface area (TPSA) is 81.7 Å². The van der Waals surface area contributed by atoms with Gasteiger partial charge in [0.1, 0.15) is 6.54 Å². The van der Waals surface area contributed by atoms with Gasteiger partial charge in [-0.3, -0.25) is 14.2 Å². The smallest absolute Gasteiger partial charge is 0.420 e. The van der Waals surface area contributed by atoms with E-state index in [4.69, 9.17) is 9.15 Å². The third-order valence-electron chi connectivity index (χ3n) is 3.93. The van der Waals surface area contributed by atoms with Crippen molar-refractivity contribution in [1.82, 2.24) is 9.47 Å². The first-order chi connectivity index (χ1) is 11.1. The molecule has 1 aliphatic rings. The zero-order chi connectivity index (χ0) is 16.4. The number of amides is 1. The molecule has 2 aromatic rings. The number of para-hydroxylation sites is 2. The first kappa shape index (κ1) is 15.3. The number of nitrogens with zero attached hydrogens (tertiary/aromatic N) is 2. The number of carbonyl (C=O) groups excluding carboxylic acids is 2. The zero-order valence-corrected chi connectivity index (χ0v) is 12.9. The third kappa shape index (κ3) is 3.13. The second-order valence-electron chi connectivity index (χ2n) is 5.59. The second-order valence-corrected chi connectivity index (χ2v) is 5.59. The predicted molar refractivity (Wildman–Crippen MR) is 81.8 cm³/mol. The van der Waals surface area contributed by atoms with Gasteiger partial charge in [-0.05, 0) is 31.9 Å². The summed E-state index contributed by atoms with van der Waals surface area (Å²) in [6.45, 7) is 2.67. The summed E-state index contributed by atoms with van der Waals surface area (Å²) in [6, 6.07) is 6.83. The molecule has 0 N–H and O–H groups in total. The number of carbonyl (C=O) groups is 2. The van der Waals surface area contributed by atoms with Crippen LogP contribution in [-0.4, -0.2) is 40.5 Å². The summed E-state index contributed by atoms with van der Waals surface area (Å²) in [7, 11) is 0. The van der Waals surface area contributed by atoms with Crippen molar-refractivity contribution in [2.45, 2.75) is 32.4 Å². The van der Waals surface area contributed by atoms with E-state index in [-0.39, 0.29) is 12.5 Å². The number of ether oxygens (including phenoxy) is 1. The Kier molecular flexibility index (Phi) is 4.18. The number of aromatic nitrogens is 1. The molecule has 1 atom stereocenters. The van der Waals surface area contributed by atoms with Crippen LogP contribution >= 0.6 is 0 Å². The molecule has 0 bridgehead atoms. The van der Waals surface area contributed by atoms with Crippen molar-refractivity contribution in [3.05, 3.63) is 34.8 Å². The molecule has 23 heavy (non-hydrogen) atoms. The van der Waals surface area contributed by atoms with Gasteiger partial charge in [-0.25, -0.2) is 4.79 Å². The number of oxazole rings is 1. The zero-order valence-electron chi connectivity index (χ0n) is 12.9. The molecule has 7 nitrogen and oxygen atoms in total. The second kappa shape index (κ2) is 6.28. The molecular weight excluding hydrogens is 300 g/mol. The molecule has 1 saturated heterocycles. The number of fused-ring (bicyclic) bond motifs is 1. The van der Waals surface area contributed by atoms with Crippen LogP contribution < -0.4 is 5.76 Å². The highest BCUT2D eigenvalue weighted by molar-refractivity contribution is 5.84.